The van der Waals surface area contributed by atoms with E-state index in [1.165, 1.54) is 22.3 Å². The van der Waals surface area contributed by atoms with Gasteiger partial charge in [0.2, 0.25) is 11.8 Å². The van der Waals surface area contributed by atoms with Crippen LogP contribution in [0.5, 0.6) is 0 Å². The van der Waals surface area contributed by atoms with Crippen LogP contribution in [0.2, 0.25) is 0 Å². The fourth-order valence-electron chi connectivity index (χ4n) is 10.2. The number of Topliss-reactive ketones (excluding diaryl/α,β-unsaturated/α-hetero) is 1. The number of rotatable bonds is 9. The van der Waals surface area contributed by atoms with Gasteiger partial charge in [-0.15, -0.1) is 0 Å². The summed E-state index contributed by atoms with van der Waals surface area (Å²) in [6.45, 7) is 18.5. The van der Waals surface area contributed by atoms with Crippen molar-refractivity contribution in [2.24, 2.45) is 22.8 Å². The van der Waals surface area contributed by atoms with Gasteiger partial charge in [-0.25, -0.2) is 11.3 Å². The Morgan fingerprint density at radius 3 is 1.39 bits per heavy atom. The average Bonchev–Trinajstić information content (AvgIpc) is 2.11. The number of carbonyl (C=O) groups is 4. The molecule has 5 unspecified atom stereocenters. The maximum Gasteiger partial charge on any atom is 2.00 e. The second-order valence-electron chi connectivity index (χ2n) is 23.4. The van der Waals surface area contributed by atoms with E-state index < -0.39 is 6.10 Å². The van der Waals surface area contributed by atoms with Gasteiger partial charge in [-0.1, -0.05) is 163 Å². The molecule has 0 spiro atoms. The smallest absolute Gasteiger partial charge is 1.00 e. The maximum atomic E-state index is 12.6. The third-order valence-electron chi connectivity index (χ3n) is 15.3. The number of amides is 2. The number of nitrogens with zero attached hydrogens (tertiary/aromatic N) is 5. The molecule has 2 amide bonds. The van der Waals surface area contributed by atoms with Gasteiger partial charge in [0.1, 0.15) is 0 Å². The van der Waals surface area contributed by atoms with Crippen molar-refractivity contribution < 1.29 is 48.3 Å². The number of carbonyl (C=O) groups excluding carboxylic acids is 4. The predicted octanol–water partition coefficient (Wildman–Crippen LogP) is 11.1. The van der Waals surface area contributed by atoms with Crippen molar-refractivity contribution in [1.82, 2.24) is 30.8 Å². The molecule has 2 aliphatic carbocycles. The van der Waals surface area contributed by atoms with Crippen molar-refractivity contribution in [3.8, 4) is 0 Å². The van der Waals surface area contributed by atoms with Crippen LogP contribution >= 0.6 is 0 Å². The number of aldehydes is 1. The quantitative estimate of drug-likeness (QED) is 0.0124. The molecule has 13 nitrogen and oxygen atoms in total. The van der Waals surface area contributed by atoms with Crippen LogP contribution < -0.4 is 40.7 Å². The van der Waals surface area contributed by atoms with Gasteiger partial charge < -0.3 is 36.5 Å². The average molecular weight is 1290 g/mol. The predicted molar refractivity (Wildman–Crippen MR) is 350 cm³/mol. The van der Waals surface area contributed by atoms with Gasteiger partial charge in [0, 0.05) is 99.6 Å². The number of nitrogens with two attached hydrogens (primary N) is 1. The van der Waals surface area contributed by atoms with E-state index in [0.717, 1.165) is 90.2 Å². The van der Waals surface area contributed by atoms with E-state index in [2.05, 4.69) is 126 Å². The van der Waals surface area contributed by atoms with Crippen LogP contribution in [0.15, 0.2) is 200 Å². The van der Waals surface area contributed by atoms with E-state index >= 15 is 0 Å². The Kier molecular flexibility index (Phi) is 25.6. The summed E-state index contributed by atoms with van der Waals surface area (Å²) in [5.74, 6) is 5.90. The number of nitrogens with one attached hydrogen (secondary N) is 2. The number of benzene rings is 6. The molecular weight excluding hydrogens is 1210 g/mol. The number of hydrazone groups is 1. The Morgan fingerprint density at radius 2 is 0.954 bits per heavy atom. The van der Waals surface area contributed by atoms with Crippen molar-refractivity contribution >= 4 is 95.7 Å². The summed E-state index contributed by atoms with van der Waals surface area (Å²) in [4.78, 5) is 61.9. The normalized spacial score (nSPS) is 15.8. The Bertz CT molecular complexity index is 3950. The second kappa shape index (κ2) is 31.8. The molecule has 12 rings (SSSR count). The largest absolute Gasteiger partial charge is 2.00 e. The first-order chi connectivity index (χ1) is 40.3. The molecular formula is C72H77IMgN8O5. The van der Waals surface area contributed by atoms with Crippen molar-refractivity contribution in [3.63, 3.8) is 0 Å². The second-order valence-corrected chi connectivity index (χ2v) is 23.4. The molecule has 5 N–H and O–H groups in total. The number of hydrazine groups is 1. The Morgan fingerprint density at radius 1 is 0.563 bits per heavy atom. The minimum atomic E-state index is -0.425. The first-order valence-corrected chi connectivity index (χ1v) is 28.3. The summed E-state index contributed by atoms with van der Waals surface area (Å²) in [5, 5.41) is 22.1. The molecule has 87 heavy (non-hydrogen) atoms. The van der Waals surface area contributed by atoms with Crippen LogP contribution in [-0.2, 0) is 20.4 Å². The SMILES string of the molecule is C/C(=N\NC(=O)C1CC1c1ccc(C(C)(C)C)cc1)c1cccc2cnccc12.CC(=O)c1cccc2cnccc12.CC(C)(C)c1ccc(C2CC2C(=O)NN)cc1.CC(O)c1cccc2cnccc12.O=Cc1cccc2cnccc12.[CH3-].[I-].[Mg+2]. The molecule has 444 valence electrons. The molecule has 2 saturated carbocycles. The van der Waals surface area contributed by atoms with Crippen LogP contribution in [0.25, 0.3) is 43.1 Å². The minimum Gasteiger partial charge on any atom is -1.00 e. The van der Waals surface area contributed by atoms with Crippen LogP contribution in [-0.4, -0.2) is 77.7 Å². The van der Waals surface area contributed by atoms with Gasteiger partial charge in [0.25, 0.3) is 0 Å². The fraction of sp³-hybridized carbons (Fsp3) is 0.250. The number of aliphatic hydroxyl groups is 1. The van der Waals surface area contributed by atoms with Crippen LogP contribution in [0.4, 0.5) is 0 Å². The van der Waals surface area contributed by atoms with Gasteiger partial charge in [-0.3, -0.25) is 44.5 Å². The van der Waals surface area contributed by atoms with Crippen molar-refractivity contribution in [1.29, 1.82) is 0 Å². The molecule has 0 radical (unpaired) electrons. The fourth-order valence-corrected chi connectivity index (χ4v) is 10.2. The number of aromatic nitrogens is 4. The van der Waals surface area contributed by atoms with Gasteiger partial charge in [0.05, 0.1) is 11.8 Å². The molecule has 2 fully saturated rings. The van der Waals surface area contributed by atoms with E-state index in [4.69, 9.17) is 5.84 Å². The molecule has 4 heterocycles. The van der Waals surface area contributed by atoms with Gasteiger partial charge in [0.15, 0.2) is 12.1 Å². The molecule has 10 aromatic rings. The first kappa shape index (κ1) is 70.1. The third kappa shape index (κ3) is 18.4. The number of fused-ring (bicyclic) bond motifs is 4. The molecule has 0 bridgehead atoms. The summed E-state index contributed by atoms with van der Waals surface area (Å²) in [6.07, 6.45) is 16.3. The summed E-state index contributed by atoms with van der Waals surface area (Å²) in [7, 11) is 0. The summed E-state index contributed by atoms with van der Waals surface area (Å²) in [6, 6.07) is 48.0. The van der Waals surface area contributed by atoms with E-state index in [-0.39, 0.29) is 94.7 Å². The van der Waals surface area contributed by atoms with E-state index in [1.54, 1.807) is 63.3 Å². The van der Waals surface area contributed by atoms with E-state index in [0.29, 0.717) is 11.8 Å². The van der Waals surface area contributed by atoms with Crippen LogP contribution in [0, 0.1) is 19.3 Å². The molecule has 15 heteroatoms. The third-order valence-corrected chi connectivity index (χ3v) is 15.3. The zero-order valence-corrected chi connectivity index (χ0v) is 54.9. The Balaban J connectivity index is 0.000000206. The summed E-state index contributed by atoms with van der Waals surface area (Å²) < 4.78 is 0. The number of hydrogen-bond donors (Lipinski definition) is 4. The molecule has 2 aliphatic rings. The molecule has 6 aromatic carbocycles. The topological polar surface area (TPSA) is 203 Å². The van der Waals surface area contributed by atoms with Crippen molar-refractivity contribution in [2.45, 2.75) is 104 Å². The molecule has 4 aromatic heterocycles. The Labute approximate surface area is 544 Å². The van der Waals surface area contributed by atoms with E-state index in [9.17, 15) is 24.3 Å². The standard InChI is InChI=1S/C25H27N3O.C14H20N2O.C11H11NO.C11H9NO.C10H7NO.CH3.HI.Mg/c1-16(20-7-5-6-18-15-26-13-12-21(18)20)27-28-24(29)23-14-22(23)17-8-10-19(11-9-17)25(2,3)4;1-14(2,3)10-6-4-9(5-7-10)11-8-12(11)13(17)16-15;2*1-8(13)10-4-2-3-9-7-12-6-5-11(9)10;12-7-9-3-1-2-8-6-11-5-4-10(8)9;;;/h5-13,15,22-23H,14H2,1-4H3,(H,28,29);4-7,11-12H,8,15H2,1-3H3,(H,16,17);2-8,13H,1H3;2-7H,1H3;1-7H;1H3;1H;/q;;;;;-1;;+2/p-1/b27-16+;;;;;;;. The van der Waals surface area contributed by atoms with E-state index in [1.807, 2.05) is 104 Å². The summed E-state index contributed by atoms with van der Waals surface area (Å²) >= 11 is 0. The van der Waals surface area contributed by atoms with Crippen LogP contribution in [0.1, 0.15) is 147 Å². The number of halogens is 1. The first-order valence-electron chi connectivity index (χ1n) is 28.3. The van der Waals surface area contributed by atoms with Crippen molar-refractivity contribution in [3.05, 3.63) is 247 Å². The number of hydrogen-bond acceptors (Lipinski definition) is 11. The maximum absolute atomic E-state index is 12.6. The zero-order chi connectivity index (χ0) is 60.1. The zero-order valence-electron chi connectivity index (χ0n) is 51.3. The summed E-state index contributed by atoms with van der Waals surface area (Å²) in [5.41, 5.74) is 14.7. The van der Waals surface area contributed by atoms with Crippen molar-refractivity contribution in [2.75, 3.05) is 0 Å². The van der Waals surface area contributed by atoms with Gasteiger partial charge >= 0.3 is 23.1 Å². The minimum absolute atomic E-state index is 0. The van der Waals surface area contributed by atoms with Gasteiger partial charge in [-0.2, -0.15) is 5.10 Å². The van der Waals surface area contributed by atoms with Crippen LogP contribution in [0.3, 0.4) is 0 Å². The number of ketones is 1. The van der Waals surface area contributed by atoms with Gasteiger partial charge in [-0.05, 0) is 130 Å². The molecule has 5 atom stereocenters. The number of aliphatic hydroxyl groups excluding tert-OH is 1. The molecule has 0 aliphatic heterocycles. The number of pyridine rings is 4. The Hall–Kier alpha value is -7.67. The monoisotopic (exact) mass is 1280 g/mol. The molecule has 0 saturated heterocycles.